The quantitative estimate of drug-likeness (QED) is 0.830. The lowest BCUT2D eigenvalue weighted by molar-refractivity contribution is -0.117. The lowest BCUT2D eigenvalue weighted by atomic mass is 10.1. The van der Waals surface area contributed by atoms with Crippen LogP contribution in [-0.2, 0) is 26.0 Å². The molecule has 0 radical (unpaired) electrons. The van der Waals surface area contributed by atoms with Gasteiger partial charge >= 0.3 is 0 Å². The number of nitrogens with zero attached hydrogens (tertiary/aromatic N) is 1. The molecule has 0 bridgehead atoms. The van der Waals surface area contributed by atoms with Crippen molar-refractivity contribution >= 4 is 33.2 Å². The van der Waals surface area contributed by atoms with Crippen LogP contribution in [0.1, 0.15) is 18.4 Å². The maximum absolute atomic E-state index is 12.2. The van der Waals surface area contributed by atoms with E-state index < -0.39 is 10.0 Å². The van der Waals surface area contributed by atoms with E-state index in [1.54, 1.807) is 23.1 Å². The van der Waals surface area contributed by atoms with Crippen molar-refractivity contribution in [3.8, 4) is 0 Å². The van der Waals surface area contributed by atoms with Crippen LogP contribution in [0, 0.1) is 0 Å². The predicted molar refractivity (Wildman–Crippen MR) is 98.2 cm³/mol. The molecule has 1 fully saturated rings. The number of carbonyl (C=O) groups excluding carboxylic acids is 2. The maximum atomic E-state index is 12.2. The molecule has 2 aromatic rings. The minimum absolute atomic E-state index is 0.0602. The van der Waals surface area contributed by atoms with E-state index in [0.29, 0.717) is 12.1 Å². The molecule has 0 aliphatic carbocycles. The van der Waals surface area contributed by atoms with Gasteiger partial charge in [0.1, 0.15) is 0 Å². The Morgan fingerprint density at radius 3 is 2.50 bits per heavy atom. The molecule has 0 spiro atoms. The standard InChI is InChI=1S/C18H19N3O4S/c19-26(24,25)16-4-1-3-14(12-16)20-17(22)11-13-6-8-15(9-7-13)21-10-2-5-18(21)23/h1,3-4,6-9,12H,2,5,10-11H2,(H,20,22)(H2,19,24,25). The molecule has 2 aromatic carbocycles. The molecule has 1 heterocycles. The molecule has 1 aliphatic heterocycles. The molecule has 0 atom stereocenters. The number of nitrogens with one attached hydrogen (secondary N) is 1. The Hall–Kier alpha value is -2.71. The minimum atomic E-state index is -3.82. The third-order valence-corrected chi connectivity index (χ3v) is 5.04. The number of primary sulfonamides is 1. The molecule has 3 N–H and O–H groups in total. The fourth-order valence-corrected chi connectivity index (χ4v) is 3.42. The van der Waals surface area contributed by atoms with Crippen LogP contribution in [0.4, 0.5) is 11.4 Å². The number of anilines is 2. The smallest absolute Gasteiger partial charge is 0.238 e. The Bertz CT molecular complexity index is 939. The highest BCUT2D eigenvalue weighted by Crippen LogP contribution is 2.22. The summed E-state index contributed by atoms with van der Waals surface area (Å²) in [4.78, 5) is 25.6. The van der Waals surface area contributed by atoms with Crippen molar-refractivity contribution in [2.24, 2.45) is 5.14 Å². The van der Waals surface area contributed by atoms with Gasteiger partial charge in [0.15, 0.2) is 0 Å². The second-order valence-corrected chi connectivity index (χ2v) is 7.67. The van der Waals surface area contributed by atoms with Gasteiger partial charge in [0.05, 0.1) is 11.3 Å². The molecule has 0 saturated carbocycles. The van der Waals surface area contributed by atoms with Gasteiger partial charge in [-0.1, -0.05) is 18.2 Å². The number of amides is 2. The molecular formula is C18H19N3O4S. The predicted octanol–water partition coefficient (Wildman–Crippen LogP) is 1.64. The first-order valence-corrected chi connectivity index (χ1v) is 9.69. The van der Waals surface area contributed by atoms with E-state index in [1.165, 1.54) is 18.2 Å². The molecule has 0 aromatic heterocycles. The number of rotatable bonds is 5. The van der Waals surface area contributed by atoms with E-state index in [4.69, 9.17) is 5.14 Å². The Labute approximate surface area is 151 Å². The zero-order chi connectivity index (χ0) is 18.7. The average Bonchev–Trinajstić information content (AvgIpc) is 3.01. The first-order valence-electron chi connectivity index (χ1n) is 8.15. The molecule has 7 nitrogen and oxygen atoms in total. The van der Waals surface area contributed by atoms with E-state index >= 15 is 0 Å². The summed E-state index contributed by atoms with van der Waals surface area (Å²) in [5.41, 5.74) is 1.99. The Morgan fingerprint density at radius 1 is 1.15 bits per heavy atom. The van der Waals surface area contributed by atoms with E-state index in [0.717, 1.165) is 24.2 Å². The number of carbonyl (C=O) groups is 2. The summed E-state index contributed by atoms with van der Waals surface area (Å²) in [6.07, 6.45) is 1.57. The topological polar surface area (TPSA) is 110 Å². The van der Waals surface area contributed by atoms with E-state index in [1.807, 2.05) is 12.1 Å². The molecule has 1 saturated heterocycles. The fourth-order valence-electron chi connectivity index (χ4n) is 2.86. The first kappa shape index (κ1) is 18.1. The van der Waals surface area contributed by atoms with E-state index in [-0.39, 0.29) is 23.1 Å². The highest BCUT2D eigenvalue weighted by molar-refractivity contribution is 7.89. The molecule has 26 heavy (non-hydrogen) atoms. The van der Waals surface area contributed by atoms with Gasteiger partial charge in [-0.25, -0.2) is 13.6 Å². The van der Waals surface area contributed by atoms with Crippen molar-refractivity contribution in [1.29, 1.82) is 0 Å². The van der Waals surface area contributed by atoms with Crippen molar-refractivity contribution in [2.45, 2.75) is 24.2 Å². The van der Waals surface area contributed by atoms with Gasteiger partial charge in [-0.05, 0) is 42.3 Å². The van der Waals surface area contributed by atoms with Crippen LogP contribution in [0.5, 0.6) is 0 Å². The van der Waals surface area contributed by atoms with Gasteiger partial charge in [0.25, 0.3) is 0 Å². The summed E-state index contributed by atoms with van der Waals surface area (Å²) in [6.45, 7) is 0.721. The summed E-state index contributed by atoms with van der Waals surface area (Å²) >= 11 is 0. The summed E-state index contributed by atoms with van der Waals surface area (Å²) < 4.78 is 22.7. The van der Waals surface area contributed by atoms with Crippen LogP contribution in [0.15, 0.2) is 53.4 Å². The lowest BCUT2D eigenvalue weighted by Crippen LogP contribution is -2.23. The number of hydrogen-bond acceptors (Lipinski definition) is 4. The molecular weight excluding hydrogens is 354 g/mol. The zero-order valence-corrected chi connectivity index (χ0v) is 14.8. The maximum Gasteiger partial charge on any atom is 0.238 e. The van der Waals surface area contributed by atoms with Crippen LogP contribution in [-0.4, -0.2) is 26.8 Å². The van der Waals surface area contributed by atoms with Crippen LogP contribution in [0.2, 0.25) is 0 Å². The van der Waals surface area contributed by atoms with Crippen molar-refractivity contribution in [3.63, 3.8) is 0 Å². The second kappa shape index (κ2) is 7.27. The average molecular weight is 373 g/mol. The fraction of sp³-hybridized carbons (Fsp3) is 0.222. The molecule has 136 valence electrons. The number of hydrogen-bond donors (Lipinski definition) is 2. The normalized spacial score (nSPS) is 14.5. The van der Waals surface area contributed by atoms with Crippen molar-refractivity contribution in [2.75, 3.05) is 16.8 Å². The summed E-state index contributed by atoms with van der Waals surface area (Å²) in [6, 6.07) is 13.0. The Kier molecular flexibility index (Phi) is 5.06. The number of benzene rings is 2. The van der Waals surface area contributed by atoms with Crippen molar-refractivity contribution in [3.05, 3.63) is 54.1 Å². The third-order valence-electron chi connectivity index (χ3n) is 4.13. The Morgan fingerprint density at radius 2 is 1.88 bits per heavy atom. The van der Waals surface area contributed by atoms with Crippen LogP contribution < -0.4 is 15.4 Å². The molecule has 0 unspecified atom stereocenters. The van der Waals surface area contributed by atoms with Gasteiger partial charge in [0.2, 0.25) is 21.8 Å². The van der Waals surface area contributed by atoms with Gasteiger partial charge in [-0.3, -0.25) is 9.59 Å². The van der Waals surface area contributed by atoms with Gasteiger partial charge in [0, 0.05) is 24.3 Å². The van der Waals surface area contributed by atoms with Crippen LogP contribution in [0.3, 0.4) is 0 Å². The third kappa shape index (κ3) is 4.27. The molecule has 3 rings (SSSR count). The zero-order valence-electron chi connectivity index (χ0n) is 14.0. The number of nitrogens with two attached hydrogens (primary N) is 1. The van der Waals surface area contributed by atoms with Crippen LogP contribution >= 0.6 is 0 Å². The first-order chi connectivity index (χ1) is 12.3. The number of sulfonamides is 1. The van der Waals surface area contributed by atoms with Crippen molar-refractivity contribution < 1.29 is 18.0 Å². The summed E-state index contributed by atoms with van der Waals surface area (Å²) in [7, 11) is -3.82. The second-order valence-electron chi connectivity index (χ2n) is 6.11. The molecule has 2 amide bonds. The highest BCUT2D eigenvalue weighted by atomic mass is 32.2. The van der Waals surface area contributed by atoms with E-state index in [2.05, 4.69) is 5.32 Å². The van der Waals surface area contributed by atoms with Gasteiger partial charge in [-0.15, -0.1) is 0 Å². The summed E-state index contributed by atoms with van der Waals surface area (Å²) in [5, 5.41) is 7.74. The lowest BCUT2D eigenvalue weighted by Gasteiger charge is -2.15. The van der Waals surface area contributed by atoms with Gasteiger partial charge in [-0.2, -0.15) is 0 Å². The molecule has 1 aliphatic rings. The van der Waals surface area contributed by atoms with Crippen LogP contribution in [0.25, 0.3) is 0 Å². The summed E-state index contributed by atoms with van der Waals surface area (Å²) in [5.74, 6) is -0.160. The van der Waals surface area contributed by atoms with Crippen molar-refractivity contribution in [1.82, 2.24) is 0 Å². The monoisotopic (exact) mass is 373 g/mol. The largest absolute Gasteiger partial charge is 0.326 e. The minimum Gasteiger partial charge on any atom is -0.326 e. The SMILES string of the molecule is NS(=O)(=O)c1cccc(NC(=O)Cc2ccc(N3CCCC3=O)cc2)c1. The molecule has 8 heteroatoms. The highest BCUT2D eigenvalue weighted by Gasteiger charge is 2.21. The Balaban J connectivity index is 1.64. The van der Waals surface area contributed by atoms with Gasteiger partial charge < -0.3 is 10.2 Å². The van der Waals surface area contributed by atoms with E-state index in [9.17, 15) is 18.0 Å².